The van der Waals surface area contributed by atoms with E-state index in [1.54, 1.807) is 0 Å². The standard InChI is InChI=1S/C17H23N3O8S/c1-11(17(24)20(9-15(22)27-3)10-16(23)28-4)19-29(25,26)14-7-5-13(6-8-14)18-12(2)21/h5-8,11,19H,9-10H2,1-4H3,(H,18,21)/t11-/m0/s1. The lowest BCUT2D eigenvalue weighted by Crippen LogP contribution is -2.50. The molecule has 0 aromatic heterocycles. The van der Waals surface area contributed by atoms with E-state index in [1.807, 2.05) is 0 Å². The number of anilines is 1. The number of nitrogens with one attached hydrogen (secondary N) is 2. The lowest BCUT2D eigenvalue weighted by molar-refractivity contribution is -0.152. The molecule has 0 fully saturated rings. The van der Waals surface area contributed by atoms with Crippen molar-refractivity contribution in [2.45, 2.75) is 24.8 Å². The molecule has 29 heavy (non-hydrogen) atoms. The molecule has 1 aromatic rings. The number of nitrogens with zero attached hydrogens (tertiary/aromatic N) is 1. The molecule has 2 N–H and O–H groups in total. The van der Waals surface area contributed by atoms with Crippen molar-refractivity contribution in [3.63, 3.8) is 0 Å². The van der Waals surface area contributed by atoms with E-state index in [2.05, 4.69) is 19.5 Å². The number of esters is 2. The monoisotopic (exact) mass is 429 g/mol. The Morgan fingerprint density at radius 1 is 1.00 bits per heavy atom. The average Bonchev–Trinajstić information content (AvgIpc) is 2.66. The quantitative estimate of drug-likeness (QED) is 0.499. The highest BCUT2D eigenvalue weighted by Gasteiger charge is 2.29. The summed E-state index contributed by atoms with van der Waals surface area (Å²) in [5.74, 6) is -2.70. The zero-order chi connectivity index (χ0) is 22.2. The van der Waals surface area contributed by atoms with Crippen LogP contribution in [0.25, 0.3) is 0 Å². The van der Waals surface area contributed by atoms with Crippen LogP contribution in [0.2, 0.25) is 0 Å². The van der Waals surface area contributed by atoms with Gasteiger partial charge in [-0.15, -0.1) is 0 Å². The second-order valence-corrected chi connectivity index (χ2v) is 7.61. The molecule has 0 bridgehead atoms. The number of amides is 2. The molecule has 1 rings (SSSR count). The van der Waals surface area contributed by atoms with Crippen LogP contribution in [-0.2, 0) is 38.7 Å². The molecule has 0 aliphatic heterocycles. The number of carbonyl (C=O) groups is 4. The molecule has 0 saturated heterocycles. The third kappa shape index (κ3) is 7.50. The van der Waals surface area contributed by atoms with E-state index in [0.717, 1.165) is 19.1 Å². The minimum atomic E-state index is -4.09. The molecule has 2 amide bonds. The Labute approximate surface area is 168 Å². The number of ether oxygens (including phenoxy) is 2. The van der Waals surface area contributed by atoms with E-state index < -0.39 is 47.0 Å². The van der Waals surface area contributed by atoms with E-state index in [0.29, 0.717) is 5.69 Å². The van der Waals surface area contributed by atoms with Crippen LogP contribution in [0.1, 0.15) is 13.8 Å². The van der Waals surface area contributed by atoms with Gasteiger partial charge in [0.1, 0.15) is 13.1 Å². The van der Waals surface area contributed by atoms with Gasteiger partial charge in [-0.3, -0.25) is 19.2 Å². The molecule has 0 spiro atoms. The maximum absolute atomic E-state index is 12.6. The number of benzene rings is 1. The largest absolute Gasteiger partial charge is 0.468 e. The van der Waals surface area contributed by atoms with Gasteiger partial charge in [0.2, 0.25) is 21.8 Å². The first kappa shape index (κ1) is 24.0. The number of rotatable bonds is 9. The van der Waals surface area contributed by atoms with Gasteiger partial charge in [0.05, 0.1) is 25.2 Å². The summed E-state index contributed by atoms with van der Waals surface area (Å²) >= 11 is 0. The number of carbonyl (C=O) groups excluding carboxylic acids is 4. The molecule has 1 atom stereocenters. The summed E-state index contributed by atoms with van der Waals surface area (Å²) < 4.78 is 36.2. The van der Waals surface area contributed by atoms with Crippen LogP contribution < -0.4 is 10.0 Å². The number of sulfonamides is 1. The van der Waals surface area contributed by atoms with Crippen LogP contribution in [-0.4, -0.2) is 70.4 Å². The van der Waals surface area contributed by atoms with E-state index in [9.17, 15) is 27.6 Å². The Balaban J connectivity index is 2.94. The molecule has 0 radical (unpaired) electrons. The molecule has 12 heteroatoms. The van der Waals surface area contributed by atoms with Crippen molar-refractivity contribution in [1.29, 1.82) is 0 Å². The Hall–Kier alpha value is -2.99. The van der Waals surface area contributed by atoms with Crippen LogP contribution in [0.3, 0.4) is 0 Å². The van der Waals surface area contributed by atoms with Gasteiger partial charge in [0.15, 0.2) is 0 Å². The molecule has 11 nitrogen and oxygen atoms in total. The topological polar surface area (TPSA) is 148 Å². The highest BCUT2D eigenvalue weighted by atomic mass is 32.2. The van der Waals surface area contributed by atoms with Gasteiger partial charge in [0, 0.05) is 12.6 Å². The highest BCUT2D eigenvalue weighted by molar-refractivity contribution is 7.89. The Kier molecular flexibility index (Phi) is 8.73. The lowest BCUT2D eigenvalue weighted by atomic mass is 10.3. The maximum Gasteiger partial charge on any atom is 0.325 e. The molecule has 0 heterocycles. The normalized spacial score (nSPS) is 11.9. The van der Waals surface area contributed by atoms with Crippen molar-refractivity contribution in [2.24, 2.45) is 0 Å². The fourth-order valence-corrected chi connectivity index (χ4v) is 3.39. The minimum absolute atomic E-state index is 0.140. The molecular formula is C17H23N3O8S. The van der Waals surface area contributed by atoms with E-state index >= 15 is 0 Å². The van der Waals surface area contributed by atoms with Crippen LogP contribution in [0.4, 0.5) is 5.69 Å². The van der Waals surface area contributed by atoms with Crippen molar-refractivity contribution in [3.8, 4) is 0 Å². The predicted octanol–water partition coefficient (Wildman–Crippen LogP) is -0.514. The Morgan fingerprint density at radius 3 is 1.90 bits per heavy atom. The zero-order valence-corrected chi connectivity index (χ0v) is 17.2. The molecule has 0 saturated carbocycles. The first-order chi connectivity index (χ1) is 13.5. The van der Waals surface area contributed by atoms with Crippen LogP contribution in [0.5, 0.6) is 0 Å². The Morgan fingerprint density at radius 2 is 1.48 bits per heavy atom. The predicted molar refractivity (Wildman–Crippen MR) is 101 cm³/mol. The maximum atomic E-state index is 12.6. The summed E-state index contributed by atoms with van der Waals surface area (Å²) in [4.78, 5) is 47.3. The summed E-state index contributed by atoms with van der Waals surface area (Å²) in [5, 5.41) is 2.50. The van der Waals surface area contributed by atoms with Gasteiger partial charge in [-0.1, -0.05) is 0 Å². The second-order valence-electron chi connectivity index (χ2n) is 5.90. The third-order valence-electron chi connectivity index (χ3n) is 3.59. The second kappa shape index (κ2) is 10.5. The first-order valence-corrected chi connectivity index (χ1v) is 9.81. The third-order valence-corrected chi connectivity index (χ3v) is 5.15. The van der Waals surface area contributed by atoms with Crippen molar-refractivity contribution in [1.82, 2.24) is 9.62 Å². The molecule has 160 valence electrons. The van der Waals surface area contributed by atoms with E-state index in [1.165, 1.54) is 38.1 Å². The molecule has 0 unspecified atom stereocenters. The highest BCUT2D eigenvalue weighted by Crippen LogP contribution is 2.14. The van der Waals surface area contributed by atoms with Crippen LogP contribution >= 0.6 is 0 Å². The Bertz CT molecular complexity index is 849. The lowest BCUT2D eigenvalue weighted by Gasteiger charge is -2.24. The molecule has 0 aliphatic rings. The smallest absolute Gasteiger partial charge is 0.325 e. The fourth-order valence-electron chi connectivity index (χ4n) is 2.20. The number of hydrogen-bond donors (Lipinski definition) is 2. The van der Waals surface area contributed by atoms with Gasteiger partial charge >= 0.3 is 11.9 Å². The van der Waals surface area contributed by atoms with E-state index in [-0.39, 0.29) is 10.8 Å². The van der Waals surface area contributed by atoms with E-state index in [4.69, 9.17) is 0 Å². The van der Waals surface area contributed by atoms with Crippen LogP contribution in [0, 0.1) is 0 Å². The van der Waals surface area contributed by atoms with Crippen LogP contribution in [0.15, 0.2) is 29.2 Å². The summed E-state index contributed by atoms with van der Waals surface area (Å²) in [6.07, 6.45) is 0. The van der Waals surface area contributed by atoms with Gasteiger partial charge < -0.3 is 19.7 Å². The van der Waals surface area contributed by atoms with Gasteiger partial charge in [-0.2, -0.15) is 4.72 Å². The first-order valence-electron chi connectivity index (χ1n) is 8.32. The van der Waals surface area contributed by atoms with Crippen molar-refractivity contribution >= 4 is 39.5 Å². The van der Waals surface area contributed by atoms with Gasteiger partial charge in [-0.05, 0) is 31.2 Å². The van der Waals surface area contributed by atoms with Crippen molar-refractivity contribution in [2.75, 3.05) is 32.6 Å². The molecule has 1 aromatic carbocycles. The fraction of sp³-hybridized carbons (Fsp3) is 0.412. The van der Waals surface area contributed by atoms with Gasteiger partial charge in [-0.25, -0.2) is 8.42 Å². The summed E-state index contributed by atoms with van der Waals surface area (Å²) in [6, 6.07) is 4.01. The van der Waals surface area contributed by atoms with Crippen molar-refractivity contribution < 1.29 is 37.1 Å². The number of methoxy groups -OCH3 is 2. The zero-order valence-electron chi connectivity index (χ0n) is 16.4. The SMILES string of the molecule is COC(=O)CN(CC(=O)OC)C(=O)[C@H](C)NS(=O)(=O)c1ccc(NC(C)=O)cc1. The number of hydrogen-bond acceptors (Lipinski definition) is 8. The van der Waals surface area contributed by atoms with Gasteiger partial charge in [0.25, 0.3) is 0 Å². The van der Waals surface area contributed by atoms with Crippen molar-refractivity contribution in [3.05, 3.63) is 24.3 Å². The minimum Gasteiger partial charge on any atom is -0.468 e. The summed E-state index contributed by atoms with van der Waals surface area (Å²) in [5.41, 5.74) is 0.405. The molecule has 0 aliphatic carbocycles. The molecular weight excluding hydrogens is 406 g/mol. The summed E-state index contributed by atoms with van der Waals surface area (Å²) in [6.45, 7) is 1.48. The average molecular weight is 429 g/mol. The summed E-state index contributed by atoms with van der Waals surface area (Å²) in [7, 11) is -1.87.